The van der Waals surface area contributed by atoms with E-state index in [2.05, 4.69) is 10.3 Å². The van der Waals surface area contributed by atoms with E-state index < -0.39 is 0 Å². The maximum Gasteiger partial charge on any atom is 0.257 e. The lowest BCUT2D eigenvalue weighted by atomic mass is 10.1. The number of aromatic nitrogens is 1. The standard InChI is InChI=1S/C24H20N2O2S/c1-16-8-9-19(14-17(16)2)23(27)26-24-25-22(15-29-24)18-10-12-21(13-11-18)28-20-6-4-3-5-7-20/h3-15H,1-2H3,(H,25,26,27). The average Bonchev–Trinajstić information content (AvgIpc) is 3.20. The van der Waals surface area contributed by atoms with Gasteiger partial charge in [0.25, 0.3) is 5.91 Å². The van der Waals surface area contributed by atoms with Crippen LogP contribution in [0.25, 0.3) is 11.3 Å². The second-order valence-corrected chi connectivity index (χ2v) is 7.59. The largest absolute Gasteiger partial charge is 0.457 e. The van der Waals surface area contributed by atoms with E-state index in [1.54, 1.807) is 0 Å². The number of benzene rings is 3. The van der Waals surface area contributed by atoms with Crippen LogP contribution < -0.4 is 10.1 Å². The van der Waals surface area contributed by atoms with E-state index in [0.717, 1.165) is 33.9 Å². The highest BCUT2D eigenvalue weighted by Crippen LogP contribution is 2.28. The van der Waals surface area contributed by atoms with Gasteiger partial charge in [0, 0.05) is 16.5 Å². The number of anilines is 1. The molecular weight excluding hydrogens is 380 g/mol. The average molecular weight is 401 g/mol. The van der Waals surface area contributed by atoms with Gasteiger partial charge in [-0.25, -0.2) is 4.98 Å². The molecule has 1 heterocycles. The molecule has 0 spiro atoms. The number of nitrogens with one attached hydrogen (secondary N) is 1. The van der Waals surface area contributed by atoms with E-state index in [4.69, 9.17) is 4.74 Å². The molecule has 4 aromatic rings. The molecule has 29 heavy (non-hydrogen) atoms. The lowest BCUT2D eigenvalue weighted by Gasteiger charge is -2.06. The van der Waals surface area contributed by atoms with Gasteiger partial charge in [-0.15, -0.1) is 11.3 Å². The molecule has 0 radical (unpaired) electrons. The first-order chi connectivity index (χ1) is 14.1. The molecule has 0 atom stereocenters. The van der Waals surface area contributed by atoms with Crippen molar-refractivity contribution < 1.29 is 9.53 Å². The summed E-state index contributed by atoms with van der Waals surface area (Å²) in [6.07, 6.45) is 0. The minimum absolute atomic E-state index is 0.152. The number of aryl methyl sites for hydroxylation is 2. The Hall–Kier alpha value is -3.44. The SMILES string of the molecule is Cc1ccc(C(=O)Nc2nc(-c3ccc(Oc4ccccc4)cc3)cs2)cc1C. The number of rotatable bonds is 5. The highest BCUT2D eigenvalue weighted by atomic mass is 32.1. The third kappa shape index (κ3) is 4.52. The molecule has 3 aromatic carbocycles. The van der Waals surface area contributed by atoms with Crippen LogP contribution in [0, 0.1) is 13.8 Å². The Morgan fingerprint density at radius 2 is 1.62 bits per heavy atom. The number of carbonyl (C=O) groups excluding carboxylic acids is 1. The van der Waals surface area contributed by atoms with Crippen LogP contribution in [-0.4, -0.2) is 10.9 Å². The topological polar surface area (TPSA) is 51.2 Å². The highest BCUT2D eigenvalue weighted by molar-refractivity contribution is 7.14. The monoisotopic (exact) mass is 400 g/mol. The fourth-order valence-corrected chi connectivity index (χ4v) is 3.55. The summed E-state index contributed by atoms with van der Waals surface area (Å²) >= 11 is 1.41. The Bertz CT molecular complexity index is 1140. The Balaban J connectivity index is 1.44. The Morgan fingerprint density at radius 3 is 2.34 bits per heavy atom. The van der Waals surface area contributed by atoms with Crippen LogP contribution >= 0.6 is 11.3 Å². The van der Waals surface area contributed by atoms with Crippen LogP contribution in [0.1, 0.15) is 21.5 Å². The molecule has 0 aliphatic carbocycles. The van der Waals surface area contributed by atoms with Crippen molar-refractivity contribution in [2.75, 3.05) is 5.32 Å². The minimum atomic E-state index is -0.152. The zero-order valence-electron chi connectivity index (χ0n) is 16.2. The molecule has 5 heteroatoms. The highest BCUT2D eigenvalue weighted by Gasteiger charge is 2.11. The molecule has 4 nitrogen and oxygen atoms in total. The van der Waals surface area contributed by atoms with Crippen LogP contribution in [-0.2, 0) is 0 Å². The maximum atomic E-state index is 12.5. The van der Waals surface area contributed by atoms with E-state index in [1.165, 1.54) is 11.3 Å². The summed E-state index contributed by atoms with van der Waals surface area (Å²) in [6, 6.07) is 23.1. The van der Waals surface area contributed by atoms with Crippen molar-refractivity contribution in [2.45, 2.75) is 13.8 Å². The Labute approximate surface area is 173 Å². The smallest absolute Gasteiger partial charge is 0.257 e. The Kier molecular flexibility index (Phi) is 5.40. The maximum absolute atomic E-state index is 12.5. The predicted molar refractivity (Wildman–Crippen MR) is 118 cm³/mol. The molecule has 4 rings (SSSR count). The normalized spacial score (nSPS) is 10.6. The first kappa shape index (κ1) is 18.9. The van der Waals surface area contributed by atoms with Crippen LogP contribution in [0.4, 0.5) is 5.13 Å². The van der Waals surface area contributed by atoms with Crippen LogP contribution in [0.3, 0.4) is 0 Å². The number of carbonyl (C=O) groups is 1. The lowest BCUT2D eigenvalue weighted by Crippen LogP contribution is -2.12. The lowest BCUT2D eigenvalue weighted by molar-refractivity contribution is 0.102. The van der Waals surface area contributed by atoms with E-state index in [9.17, 15) is 4.79 Å². The summed E-state index contributed by atoms with van der Waals surface area (Å²) < 4.78 is 5.82. The van der Waals surface area contributed by atoms with Gasteiger partial charge in [-0.3, -0.25) is 10.1 Å². The van der Waals surface area contributed by atoms with Crippen molar-refractivity contribution in [3.63, 3.8) is 0 Å². The van der Waals surface area contributed by atoms with E-state index in [1.807, 2.05) is 92.0 Å². The van der Waals surface area contributed by atoms with Gasteiger partial charge in [-0.1, -0.05) is 24.3 Å². The van der Waals surface area contributed by atoms with Gasteiger partial charge < -0.3 is 4.74 Å². The molecular formula is C24H20N2O2S. The molecule has 0 fully saturated rings. The van der Waals surface area contributed by atoms with Gasteiger partial charge in [-0.05, 0) is 73.5 Å². The van der Waals surface area contributed by atoms with Gasteiger partial charge >= 0.3 is 0 Å². The summed E-state index contributed by atoms with van der Waals surface area (Å²) in [5, 5.41) is 5.39. The van der Waals surface area contributed by atoms with Gasteiger partial charge in [0.05, 0.1) is 5.69 Å². The molecule has 144 valence electrons. The first-order valence-electron chi connectivity index (χ1n) is 9.26. The van der Waals surface area contributed by atoms with Crippen molar-refractivity contribution in [1.29, 1.82) is 0 Å². The zero-order valence-corrected chi connectivity index (χ0v) is 17.0. The van der Waals surface area contributed by atoms with Crippen molar-refractivity contribution in [3.05, 3.63) is 94.9 Å². The van der Waals surface area contributed by atoms with Gasteiger partial charge in [-0.2, -0.15) is 0 Å². The zero-order chi connectivity index (χ0) is 20.2. The second-order valence-electron chi connectivity index (χ2n) is 6.73. The van der Waals surface area contributed by atoms with Crippen LogP contribution in [0.2, 0.25) is 0 Å². The molecule has 1 aromatic heterocycles. The molecule has 0 aliphatic rings. The molecule has 0 aliphatic heterocycles. The molecule has 0 unspecified atom stereocenters. The Morgan fingerprint density at radius 1 is 0.897 bits per heavy atom. The van der Waals surface area contributed by atoms with Gasteiger partial charge in [0.1, 0.15) is 11.5 Å². The first-order valence-corrected chi connectivity index (χ1v) is 10.1. The van der Waals surface area contributed by atoms with E-state index in [-0.39, 0.29) is 5.91 Å². The van der Waals surface area contributed by atoms with Crippen molar-refractivity contribution in [2.24, 2.45) is 0 Å². The quantitative estimate of drug-likeness (QED) is 0.417. The van der Waals surface area contributed by atoms with Gasteiger partial charge in [0.15, 0.2) is 5.13 Å². The number of thiazole rings is 1. The number of nitrogens with zero attached hydrogens (tertiary/aromatic N) is 1. The van der Waals surface area contributed by atoms with E-state index >= 15 is 0 Å². The predicted octanol–water partition coefficient (Wildman–Crippen LogP) is 6.47. The summed E-state index contributed by atoms with van der Waals surface area (Å²) in [4.78, 5) is 17.0. The van der Waals surface area contributed by atoms with Crippen molar-refractivity contribution >= 4 is 22.4 Å². The number of para-hydroxylation sites is 1. The summed E-state index contributed by atoms with van der Waals surface area (Å²) in [5.74, 6) is 1.41. The fraction of sp³-hybridized carbons (Fsp3) is 0.0833. The van der Waals surface area contributed by atoms with Crippen LogP contribution in [0.15, 0.2) is 78.2 Å². The molecule has 0 bridgehead atoms. The van der Waals surface area contributed by atoms with Gasteiger partial charge in [0.2, 0.25) is 0 Å². The fourth-order valence-electron chi connectivity index (χ4n) is 2.83. The number of hydrogen-bond acceptors (Lipinski definition) is 4. The molecule has 0 saturated carbocycles. The number of ether oxygens (including phenoxy) is 1. The third-order valence-electron chi connectivity index (χ3n) is 4.62. The number of hydrogen-bond donors (Lipinski definition) is 1. The summed E-state index contributed by atoms with van der Waals surface area (Å²) in [7, 11) is 0. The molecule has 0 saturated heterocycles. The summed E-state index contributed by atoms with van der Waals surface area (Å²) in [6.45, 7) is 4.03. The minimum Gasteiger partial charge on any atom is -0.457 e. The van der Waals surface area contributed by atoms with Crippen molar-refractivity contribution in [1.82, 2.24) is 4.98 Å². The number of amides is 1. The van der Waals surface area contributed by atoms with E-state index in [0.29, 0.717) is 10.7 Å². The molecule has 1 N–H and O–H groups in total. The van der Waals surface area contributed by atoms with Crippen molar-refractivity contribution in [3.8, 4) is 22.8 Å². The summed E-state index contributed by atoms with van der Waals surface area (Å²) in [5.41, 5.74) is 4.67. The van der Waals surface area contributed by atoms with Crippen LogP contribution in [0.5, 0.6) is 11.5 Å². The third-order valence-corrected chi connectivity index (χ3v) is 5.38. The molecule has 1 amide bonds. The second kappa shape index (κ2) is 8.29.